The molecule has 0 aromatic heterocycles. The average Bonchev–Trinajstić information content (AvgIpc) is 2.91. The van der Waals surface area contributed by atoms with Crippen molar-refractivity contribution in [1.29, 1.82) is 0 Å². The number of hydrazine groups is 1. The minimum Gasteiger partial charge on any atom is -0.491 e. The molecular formula is C19H17ClN2O4. The van der Waals surface area contributed by atoms with Gasteiger partial charge in [0.2, 0.25) is 0 Å². The van der Waals surface area contributed by atoms with Crippen LogP contribution in [0, 0.1) is 0 Å². The van der Waals surface area contributed by atoms with Crippen LogP contribution < -0.4 is 19.9 Å². The fourth-order valence-electron chi connectivity index (χ4n) is 2.62. The van der Waals surface area contributed by atoms with Gasteiger partial charge < -0.3 is 9.47 Å². The number of carbonyl (C=O) groups is 2. The van der Waals surface area contributed by atoms with Crippen LogP contribution >= 0.6 is 11.6 Å². The third-order valence-electron chi connectivity index (χ3n) is 3.75. The molecule has 1 fully saturated rings. The monoisotopic (exact) mass is 372 g/mol. The van der Waals surface area contributed by atoms with Gasteiger partial charge in [0.05, 0.1) is 24.4 Å². The normalized spacial score (nSPS) is 15.3. The second-order valence-corrected chi connectivity index (χ2v) is 5.85. The van der Waals surface area contributed by atoms with E-state index in [1.807, 2.05) is 13.0 Å². The van der Waals surface area contributed by atoms with Crippen LogP contribution in [0.4, 0.5) is 5.69 Å². The van der Waals surface area contributed by atoms with Crippen molar-refractivity contribution in [1.82, 2.24) is 5.43 Å². The van der Waals surface area contributed by atoms with Gasteiger partial charge in [0, 0.05) is 0 Å². The Labute approximate surface area is 155 Å². The van der Waals surface area contributed by atoms with Gasteiger partial charge in [-0.05, 0) is 42.8 Å². The highest BCUT2D eigenvalue weighted by Gasteiger charge is 2.34. The van der Waals surface area contributed by atoms with E-state index in [1.54, 1.807) is 36.4 Å². The first-order chi connectivity index (χ1) is 12.5. The first kappa shape index (κ1) is 17.8. The second-order valence-electron chi connectivity index (χ2n) is 5.44. The third kappa shape index (κ3) is 3.36. The molecule has 0 unspecified atom stereocenters. The predicted octanol–water partition coefficient (Wildman–Crippen LogP) is 3.21. The summed E-state index contributed by atoms with van der Waals surface area (Å²) in [5, 5.41) is 1.54. The Morgan fingerprint density at radius 1 is 1.19 bits per heavy atom. The SMILES string of the molecule is CCOc1cc(/C=C2/C(=O)NN(c3ccccc3)C2=O)cc(Cl)c1OC. The van der Waals surface area contributed by atoms with E-state index in [4.69, 9.17) is 21.1 Å². The minimum absolute atomic E-state index is 0.0116. The zero-order valence-electron chi connectivity index (χ0n) is 14.3. The summed E-state index contributed by atoms with van der Waals surface area (Å²) in [6.07, 6.45) is 1.48. The summed E-state index contributed by atoms with van der Waals surface area (Å²) < 4.78 is 10.8. The number of benzene rings is 2. The highest BCUT2D eigenvalue weighted by atomic mass is 35.5. The fourth-order valence-corrected chi connectivity index (χ4v) is 2.91. The summed E-state index contributed by atoms with van der Waals surface area (Å²) in [5.41, 5.74) is 3.71. The third-order valence-corrected chi connectivity index (χ3v) is 4.03. The zero-order chi connectivity index (χ0) is 18.7. The summed E-state index contributed by atoms with van der Waals surface area (Å²) in [5.74, 6) is -0.0706. The summed E-state index contributed by atoms with van der Waals surface area (Å²) in [7, 11) is 1.49. The number of nitrogens with zero attached hydrogens (tertiary/aromatic N) is 1. The molecule has 1 aliphatic heterocycles. The Morgan fingerprint density at radius 3 is 2.58 bits per heavy atom. The molecule has 1 heterocycles. The molecule has 6 nitrogen and oxygen atoms in total. The molecule has 0 saturated carbocycles. The van der Waals surface area contributed by atoms with Crippen LogP contribution in [0.3, 0.4) is 0 Å². The van der Waals surface area contributed by atoms with Crippen molar-refractivity contribution in [2.24, 2.45) is 0 Å². The van der Waals surface area contributed by atoms with Gasteiger partial charge in [-0.2, -0.15) is 0 Å². The van der Waals surface area contributed by atoms with E-state index in [9.17, 15) is 9.59 Å². The Balaban J connectivity index is 1.97. The number of hydrogen-bond acceptors (Lipinski definition) is 4. The van der Waals surface area contributed by atoms with Crippen molar-refractivity contribution in [2.45, 2.75) is 6.92 Å². The van der Waals surface area contributed by atoms with Crippen molar-refractivity contribution in [3.63, 3.8) is 0 Å². The summed E-state index contributed by atoms with van der Waals surface area (Å²) >= 11 is 6.22. The summed E-state index contributed by atoms with van der Waals surface area (Å²) in [4.78, 5) is 24.9. The molecule has 7 heteroatoms. The maximum absolute atomic E-state index is 12.6. The highest BCUT2D eigenvalue weighted by molar-refractivity contribution is 6.33. The van der Waals surface area contributed by atoms with E-state index in [1.165, 1.54) is 18.2 Å². The molecule has 0 radical (unpaired) electrons. The van der Waals surface area contributed by atoms with Crippen LogP contribution in [0.5, 0.6) is 11.5 Å². The van der Waals surface area contributed by atoms with Crippen LogP contribution in [0.15, 0.2) is 48.0 Å². The van der Waals surface area contributed by atoms with E-state index in [0.717, 1.165) is 0 Å². The lowest BCUT2D eigenvalue weighted by Crippen LogP contribution is -2.35. The topological polar surface area (TPSA) is 67.9 Å². The number of hydrogen-bond donors (Lipinski definition) is 1. The van der Waals surface area contributed by atoms with Crippen molar-refractivity contribution in [3.05, 3.63) is 58.6 Å². The minimum atomic E-state index is -0.483. The van der Waals surface area contributed by atoms with E-state index < -0.39 is 11.8 Å². The van der Waals surface area contributed by atoms with Gasteiger partial charge >= 0.3 is 0 Å². The second kappa shape index (κ2) is 7.49. The zero-order valence-corrected chi connectivity index (χ0v) is 15.0. The molecule has 3 rings (SSSR count). The number of halogens is 1. The van der Waals surface area contributed by atoms with Gasteiger partial charge in [-0.25, -0.2) is 5.01 Å². The largest absolute Gasteiger partial charge is 0.491 e. The number of para-hydroxylation sites is 1. The quantitative estimate of drug-likeness (QED) is 0.646. The highest BCUT2D eigenvalue weighted by Crippen LogP contribution is 2.37. The smallest absolute Gasteiger partial charge is 0.282 e. The fraction of sp³-hybridized carbons (Fsp3) is 0.158. The maximum Gasteiger partial charge on any atom is 0.282 e. The molecule has 1 aliphatic rings. The molecule has 2 aromatic rings. The number of amides is 2. The van der Waals surface area contributed by atoms with Gasteiger partial charge in [0.25, 0.3) is 11.8 Å². The van der Waals surface area contributed by atoms with Crippen LogP contribution in [-0.4, -0.2) is 25.5 Å². The summed E-state index contributed by atoms with van der Waals surface area (Å²) in [6, 6.07) is 12.2. The van der Waals surface area contributed by atoms with Gasteiger partial charge in [0.1, 0.15) is 5.57 Å². The number of anilines is 1. The Kier molecular flexibility index (Phi) is 5.14. The average molecular weight is 373 g/mol. The number of ether oxygens (including phenoxy) is 2. The standard InChI is InChI=1S/C19H17ClN2O4/c1-3-26-16-11-12(10-15(20)17(16)25-2)9-14-18(23)21-22(19(14)24)13-7-5-4-6-8-13/h4-11H,3H2,1-2H3,(H,21,23)/b14-9-. The molecule has 1 saturated heterocycles. The van der Waals surface area contributed by atoms with E-state index in [0.29, 0.717) is 34.4 Å². The van der Waals surface area contributed by atoms with Gasteiger partial charge in [-0.1, -0.05) is 29.8 Å². The predicted molar refractivity (Wildman–Crippen MR) is 99.2 cm³/mol. The number of nitrogens with one attached hydrogen (secondary N) is 1. The van der Waals surface area contributed by atoms with E-state index in [-0.39, 0.29) is 5.57 Å². The first-order valence-corrected chi connectivity index (χ1v) is 8.35. The molecule has 2 aromatic carbocycles. The van der Waals surface area contributed by atoms with Crippen molar-refractivity contribution >= 4 is 35.2 Å². The van der Waals surface area contributed by atoms with Crippen LogP contribution in [-0.2, 0) is 9.59 Å². The molecule has 1 N–H and O–H groups in total. The maximum atomic E-state index is 12.6. The number of rotatable bonds is 5. The van der Waals surface area contributed by atoms with Crippen LogP contribution in [0.2, 0.25) is 5.02 Å². The molecule has 2 amide bonds. The molecular weight excluding hydrogens is 356 g/mol. The lowest BCUT2D eigenvalue weighted by atomic mass is 10.1. The lowest BCUT2D eigenvalue weighted by molar-refractivity contribution is -0.117. The van der Waals surface area contributed by atoms with Crippen molar-refractivity contribution < 1.29 is 19.1 Å². The Bertz CT molecular complexity index is 881. The molecule has 0 bridgehead atoms. The summed E-state index contributed by atoms with van der Waals surface area (Å²) in [6.45, 7) is 2.26. The van der Waals surface area contributed by atoms with E-state index in [2.05, 4.69) is 5.43 Å². The Hall–Kier alpha value is -2.99. The lowest BCUT2D eigenvalue weighted by Gasteiger charge is -2.14. The van der Waals surface area contributed by atoms with Crippen LogP contribution in [0.1, 0.15) is 12.5 Å². The van der Waals surface area contributed by atoms with Gasteiger partial charge in [-0.15, -0.1) is 0 Å². The van der Waals surface area contributed by atoms with Crippen molar-refractivity contribution in [3.8, 4) is 11.5 Å². The molecule has 0 spiro atoms. The van der Waals surface area contributed by atoms with Gasteiger partial charge in [0.15, 0.2) is 11.5 Å². The first-order valence-electron chi connectivity index (χ1n) is 7.97. The van der Waals surface area contributed by atoms with E-state index >= 15 is 0 Å². The molecule has 26 heavy (non-hydrogen) atoms. The van der Waals surface area contributed by atoms with Crippen molar-refractivity contribution in [2.75, 3.05) is 18.7 Å². The molecule has 0 atom stereocenters. The van der Waals surface area contributed by atoms with Crippen LogP contribution in [0.25, 0.3) is 6.08 Å². The Morgan fingerprint density at radius 2 is 1.92 bits per heavy atom. The molecule has 0 aliphatic carbocycles. The molecule has 134 valence electrons. The van der Waals surface area contributed by atoms with Gasteiger partial charge in [-0.3, -0.25) is 15.0 Å². The number of methoxy groups -OCH3 is 1. The number of carbonyl (C=O) groups excluding carboxylic acids is 2.